The molecule has 0 amide bonds. The largest absolute Gasteiger partial charge is 0.383 e. The molecule has 3 rings (SSSR count). The lowest BCUT2D eigenvalue weighted by Gasteiger charge is -2.11. The Kier molecular flexibility index (Phi) is 3.54. The molecular weight excluding hydrogens is 248 g/mol. The quantitative estimate of drug-likeness (QED) is 0.875. The Morgan fingerprint density at radius 3 is 2.80 bits per heavy atom. The van der Waals surface area contributed by atoms with Gasteiger partial charge < -0.3 is 11.1 Å². The van der Waals surface area contributed by atoms with E-state index in [0.29, 0.717) is 17.8 Å². The van der Waals surface area contributed by atoms with Gasteiger partial charge in [0.2, 0.25) is 0 Å². The van der Waals surface area contributed by atoms with Gasteiger partial charge in [-0.1, -0.05) is 43.7 Å². The monoisotopic (exact) mass is 268 g/mol. The third kappa shape index (κ3) is 2.59. The number of nitrogens with two attached hydrogens (primary N) is 1. The van der Waals surface area contributed by atoms with Crippen LogP contribution in [0.15, 0.2) is 36.7 Å². The van der Waals surface area contributed by atoms with Crippen LogP contribution < -0.4 is 11.1 Å². The van der Waals surface area contributed by atoms with Crippen LogP contribution >= 0.6 is 0 Å². The van der Waals surface area contributed by atoms with Crippen LogP contribution in [0.2, 0.25) is 0 Å². The summed E-state index contributed by atoms with van der Waals surface area (Å²) < 4.78 is 0. The fraction of sp³-hybridized carbons (Fsp3) is 0.375. The first-order valence-electron chi connectivity index (χ1n) is 7.20. The zero-order chi connectivity index (χ0) is 13.9. The van der Waals surface area contributed by atoms with Crippen molar-refractivity contribution in [3.8, 4) is 0 Å². The maximum Gasteiger partial charge on any atom is 0.134 e. The molecule has 2 atom stereocenters. The van der Waals surface area contributed by atoms with Crippen molar-refractivity contribution in [2.24, 2.45) is 0 Å². The van der Waals surface area contributed by atoms with E-state index >= 15 is 0 Å². The third-order valence-corrected chi connectivity index (χ3v) is 3.82. The van der Waals surface area contributed by atoms with Gasteiger partial charge in [-0.15, -0.1) is 0 Å². The Morgan fingerprint density at radius 2 is 2.05 bits per heavy atom. The number of nitrogens with zero attached hydrogens (tertiary/aromatic N) is 2. The Morgan fingerprint density at radius 1 is 1.25 bits per heavy atom. The molecule has 4 nitrogen and oxygen atoms in total. The molecule has 1 aromatic heterocycles. The number of hydrogen-bond donors (Lipinski definition) is 2. The van der Waals surface area contributed by atoms with Crippen LogP contribution in [-0.2, 0) is 6.42 Å². The van der Waals surface area contributed by atoms with Gasteiger partial charge in [0.1, 0.15) is 18.0 Å². The first kappa shape index (κ1) is 12.9. The standard InChI is InChI=1S/C16H20N4/c1-2-6-12-15(17)18-10-19-16(12)20-14-9-13(14)11-7-4-3-5-8-11/h3-5,7-8,10,13-14H,2,6,9H2,1H3,(H3,17,18,19,20). The van der Waals surface area contributed by atoms with Crippen molar-refractivity contribution in [2.75, 3.05) is 11.1 Å². The number of aromatic nitrogens is 2. The molecule has 0 bridgehead atoms. The lowest BCUT2D eigenvalue weighted by atomic mass is 10.1. The summed E-state index contributed by atoms with van der Waals surface area (Å²) in [5.41, 5.74) is 8.40. The summed E-state index contributed by atoms with van der Waals surface area (Å²) in [5, 5.41) is 3.53. The van der Waals surface area contributed by atoms with Crippen LogP contribution in [0.25, 0.3) is 0 Å². The summed E-state index contributed by atoms with van der Waals surface area (Å²) in [5.74, 6) is 2.09. The van der Waals surface area contributed by atoms with Crippen molar-refractivity contribution in [1.82, 2.24) is 9.97 Å². The van der Waals surface area contributed by atoms with E-state index in [0.717, 1.165) is 30.6 Å². The molecule has 3 N–H and O–H groups in total. The van der Waals surface area contributed by atoms with Crippen LogP contribution in [0.1, 0.15) is 36.8 Å². The van der Waals surface area contributed by atoms with E-state index < -0.39 is 0 Å². The van der Waals surface area contributed by atoms with E-state index in [4.69, 9.17) is 5.73 Å². The van der Waals surface area contributed by atoms with Gasteiger partial charge in [0.05, 0.1) is 0 Å². The number of anilines is 2. The zero-order valence-corrected chi connectivity index (χ0v) is 11.7. The van der Waals surface area contributed by atoms with E-state index in [9.17, 15) is 0 Å². The molecule has 1 aliphatic rings. The molecule has 1 aliphatic carbocycles. The van der Waals surface area contributed by atoms with Crippen molar-refractivity contribution in [3.05, 3.63) is 47.8 Å². The van der Waals surface area contributed by atoms with Gasteiger partial charge in [-0.3, -0.25) is 0 Å². The lowest BCUT2D eigenvalue weighted by molar-refractivity contribution is 0.898. The highest BCUT2D eigenvalue weighted by atomic mass is 15.1. The average Bonchev–Trinajstić information content (AvgIpc) is 3.23. The van der Waals surface area contributed by atoms with Crippen LogP contribution in [0.5, 0.6) is 0 Å². The van der Waals surface area contributed by atoms with Gasteiger partial charge >= 0.3 is 0 Å². The van der Waals surface area contributed by atoms with Crippen LogP contribution in [0, 0.1) is 0 Å². The third-order valence-electron chi connectivity index (χ3n) is 3.82. The van der Waals surface area contributed by atoms with Gasteiger partial charge in [-0.2, -0.15) is 0 Å². The Hall–Kier alpha value is -2.10. The second-order valence-electron chi connectivity index (χ2n) is 5.34. The molecule has 0 aliphatic heterocycles. The van der Waals surface area contributed by atoms with E-state index in [1.807, 2.05) is 0 Å². The summed E-state index contributed by atoms with van der Waals surface area (Å²) in [6.07, 6.45) is 4.65. The molecule has 1 aromatic carbocycles. The number of hydrogen-bond acceptors (Lipinski definition) is 4. The molecule has 1 fully saturated rings. The molecule has 1 saturated carbocycles. The lowest BCUT2D eigenvalue weighted by Crippen LogP contribution is -2.11. The highest BCUT2D eigenvalue weighted by molar-refractivity contribution is 5.56. The molecule has 1 heterocycles. The van der Waals surface area contributed by atoms with Gasteiger partial charge in [-0.05, 0) is 18.4 Å². The minimum atomic E-state index is 0.460. The molecule has 0 spiro atoms. The second-order valence-corrected chi connectivity index (χ2v) is 5.34. The highest BCUT2D eigenvalue weighted by Crippen LogP contribution is 2.43. The summed E-state index contributed by atoms with van der Waals surface area (Å²) in [7, 11) is 0. The van der Waals surface area contributed by atoms with Crippen molar-refractivity contribution in [2.45, 2.75) is 38.1 Å². The fourth-order valence-corrected chi connectivity index (χ4v) is 2.65. The number of nitrogen functional groups attached to an aromatic ring is 1. The smallest absolute Gasteiger partial charge is 0.134 e. The first-order chi connectivity index (χ1) is 9.79. The minimum absolute atomic E-state index is 0.460. The molecule has 2 unspecified atom stereocenters. The van der Waals surface area contributed by atoms with Crippen molar-refractivity contribution in [1.29, 1.82) is 0 Å². The van der Waals surface area contributed by atoms with Crippen molar-refractivity contribution in [3.63, 3.8) is 0 Å². The normalized spacial score (nSPS) is 20.6. The van der Waals surface area contributed by atoms with Crippen LogP contribution in [0.4, 0.5) is 11.6 Å². The molecule has 4 heteroatoms. The van der Waals surface area contributed by atoms with Crippen LogP contribution in [-0.4, -0.2) is 16.0 Å². The summed E-state index contributed by atoms with van der Waals surface area (Å²) in [6, 6.07) is 11.1. The molecule has 0 saturated heterocycles. The zero-order valence-electron chi connectivity index (χ0n) is 11.7. The number of nitrogens with one attached hydrogen (secondary N) is 1. The maximum absolute atomic E-state index is 5.96. The molecule has 2 aromatic rings. The SMILES string of the molecule is CCCc1c(N)ncnc1NC1CC1c1ccccc1. The fourth-order valence-electron chi connectivity index (χ4n) is 2.65. The van der Waals surface area contributed by atoms with Gasteiger partial charge in [0.25, 0.3) is 0 Å². The summed E-state index contributed by atoms with van der Waals surface area (Å²) in [6.45, 7) is 2.14. The maximum atomic E-state index is 5.96. The molecular formula is C16H20N4. The van der Waals surface area contributed by atoms with Gasteiger partial charge in [0, 0.05) is 17.5 Å². The Labute approximate surface area is 119 Å². The number of benzene rings is 1. The molecule has 0 radical (unpaired) electrons. The van der Waals surface area contributed by atoms with Crippen molar-refractivity contribution >= 4 is 11.6 Å². The topological polar surface area (TPSA) is 63.8 Å². The Bertz CT molecular complexity index is 582. The predicted molar refractivity (Wildman–Crippen MR) is 81.7 cm³/mol. The number of rotatable bonds is 5. The predicted octanol–water partition coefficient (Wildman–Crippen LogP) is 2.98. The first-order valence-corrected chi connectivity index (χ1v) is 7.20. The van der Waals surface area contributed by atoms with E-state index in [1.54, 1.807) is 0 Å². The highest BCUT2D eigenvalue weighted by Gasteiger charge is 2.38. The molecule has 104 valence electrons. The second kappa shape index (κ2) is 5.49. The minimum Gasteiger partial charge on any atom is -0.383 e. The summed E-state index contributed by atoms with van der Waals surface area (Å²) >= 11 is 0. The van der Waals surface area contributed by atoms with E-state index in [1.165, 1.54) is 11.9 Å². The van der Waals surface area contributed by atoms with Crippen LogP contribution in [0.3, 0.4) is 0 Å². The average molecular weight is 268 g/mol. The van der Waals surface area contributed by atoms with Gasteiger partial charge in [0.15, 0.2) is 0 Å². The van der Waals surface area contributed by atoms with E-state index in [-0.39, 0.29) is 0 Å². The van der Waals surface area contributed by atoms with E-state index in [2.05, 4.69) is 52.5 Å². The summed E-state index contributed by atoms with van der Waals surface area (Å²) in [4.78, 5) is 8.45. The van der Waals surface area contributed by atoms with Crippen molar-refractivity contribution < 1.29 is 0 Å². The molecule has 20 heavy (non-hydrogen) atoms. The Balaban J connectivity index is 1.72. The van der Waals surface area contributed by atoms with Gasteiger partial charge in [-0.25, -0.2) is 9.97 Å².